The predicted octanol–water partition coefficient (Wildman–Crippen LogP) is 3.84. The Morgan fingerprint density at radius 1 is 1.29 bits per heavy atom. The van der Waals surface area contributed by atoms with Gasteiger partial charge in [0.2, 0.25) is 0 Å². The Morgan fingerprint density at radius 2 is 2.05 bits per heavy atom. The molecule has 0 bridgehead atoms. The molecule has 0 saturated carbocycles. The van der Waals surface area contributed by atoms with Gasteiger partial charge in [0.25, 0.3) is 5.56 Å². The van der Waals surface area contributed by atoms with Gasteiger partial charge >= 0.3 is 0 Å². The molecule has 0 aliphatic heterocycles. The smallest absolute Gasteiger partial charge is 0.251 e. The Hall–Kier alpha value is -1.27. The van der Waals surface area contributed by atoms with Gasteiger partial charge in [-0.3, -0.25) is 4.79 Å². The molecule has 1 heterocycles. The third-order valence-electron chi connectivity index (χ3n) is 2.66. The van der Waals surface area contributed by atoms with E-state index >= 15 is 0 Å². The van der Waals surface area contributed by atoms with Crippen molar-refractivity contribution in [3.05, 3.63) is 57.8 Å². The van der Waals surface area contributed by atoms with Crippen molar-refractivity contribution in [2.45, 2.75) is 35.8 Å². The first kappa shape index (κ1) is 16.1. The highest BCUT2D eigenvalue weighted by atomic mass is 32.2. The minimum absolute atomic E-state index is 0.166. The normalized spacial score (nSPS) is 11.0. The molecule has 1 N–H and O–H groups in total. The number of rotatable bonds is 6. The van der Waals surface area contributed by atoms with E-state index in [2.05, 4.69) is 23.8 Å². The van der Waals surface area contributed by atoms with E-state index in [0.717, 1.165) is 5.69 Å². The average Bonchev–Trinajstić information content (AvgIpc) is 2.44. The Kier molecular flexibility index (Phi) is 5.87. The first-order valence-corrected chi connectivity index (χ1v) is 8.66. The first-order chi connectivity index (χ1) is 10.0. The van der Waals surface area contributed by atoms with E-state index in [-0.39, 0.29) is 11.4 Å². The number of H-pyrrole nitrogens is 1. The van der Waals surface area contributed by atoms with Gasteiger partial charge in [0.1, 0.15) is 5.82 Å². The Morgan fingerprint density at radius 3 is 2.76 bits per heavy atom. The highest BCUT2D eigenvalue weighted by molar-refractivity contribution is 7.99. The molecule has 0 radical (unpaired) electrons. The van der Waals surface area contributed by atoms with E-state index < -0.39 is 0 Å². The van der Waals surface area contributed by atoms with E-state index in [1.54, 1.807) is 30.0 Å². The lowest BCUT2D eigenvalue weighted by atomic mass is 10.2. The summed E-state index contributed by atoms with van der Waals surface area (Å²) >= 11 is 3.07. The SMILES string of the molecule is CC(C)SCc1cc(=O)[nH]c(SCc2ccccc2F)n1. The summed E-state index contributed by atoms with van der Waals surface area (Å²) in [5.74, 6) is 0.907. The molecule has 21 heavy (non-hydrogen) atoms. The zero-order chi connectivity index (χ0) is 15.2. The van der Waals surface area contributed by atoms with E-state index in [1.807, 2.05) is 0 Å². The summed E-state index contributed by atoms with van der Waals surface area (Å²) in [6, 6.07) is 8.14. The standard InChI is InChI=1S/C15H17FN2OS2/c1-10(2)20-9-12-7-14(19)18-15(17-12)21-8-11-5-3-4-6-13(11)16/h3-7,10H,8-9H2,1-2H3,(H,17,18,19). The molecule has 3 nitrogen and oxygen atoms in total. The lowest BCUT2D eigenvalue weighted by Gasteiger charge is -2.06. The summed E-state index contributed by atoms with van der Waals surface area (Å²) in [6.45, 7) is 4.21. The van der Waals surface area contributed by atoms with Crippen LogP contribution in [-0.2, 0) is 11.5 Å². The third kappa shape index (κ3) is 5.21. The summed E-state index contributed by atoms with van der Waals surface area (Å²) < 4.78 is 13.6. The van der Waals surface area contributed by atoms with Gasteiger partial charge in [0.05, 0.1) is 5.69 Å². The Bertz CT molecular complexity index is 658. The van der Waals surface area contributed by atoms with Crippen molar-refractivity contribution in [3.63, 3.8) is 0 Å². The van der Waals surface area contributed by atoms with Crippen molar-refractivity contribution in [1.82, 2.24) is 9.97 Å². The molecule has 2 aromatic rings. The van der Waals surface area contributed by atoms with Gasteiger partial charge in [0, 0.05) is 17.6 Å². The number of thioether (sulfide) groups is 2. The summed E-state index contributed by atoms with van der Waals surface area (Å²) in [7, 11) is 0. The fourth-order valence-corrected chi connectivity index (χ4v) is 3.17. The van der Waals surface area contributed by atoms with Crippen LogP contribution in [-0.4, -0.2) is 15.2 Å². The van der Waals surface area contributed by atoms with Crippen molar-refractivity contribution < 1.29 is 4.39 Å². The van der Waals surface area contributed by atoms with Gasteiger partial charge in [-0.15, -0.1) is 0 Å². The lowest BCUT2D eigenvalue weighted by Crippen LogP contribution is -2.10. The van der Waals surface area contributed by atoms with Gasteiger partial charge in [0.15, 0.2) is 5.16 Å². The van der Waals surface area contributed by atoms with Gasteiger partial charge < -0.3 is 4.98 Å². The van der Waals surface area contributed by atoms with Crippen LogP contribution in [0.1, 0.15) is 25.1 Å². The molecule has 0 fully saturated rings. The van der Waals surface area contributed by atoms with Crippen LogP contribution >= 0.6 is 23.5 Å². The van der Waals surface area contributed by atoms with Crippen molar-refractivity contribution in [2.75, 3.05) is 0 Å². The predicted molar refractivity (Wildman–Crippen MR) is 87.2 cm³/mol. The molecular weight excluding hydrogens is 307 g/mol. The van der Waals surface area contributed by atoms with Gasteiger partial charge in [-0.05, 0) is 16.9 Å². The average molecular weight is 324 g/mol. The number of halogens is 1. The molecule has 1 aromatic heterocycles. The van der Waals surface area contributed by atoms with Crippen LogP contribution in [0.3, 0.4) is 0 Å². The molecule has 0 saturated heterocycles. The molecule has 0 unspecified atom stereocenters. The second kappa shape index (κ2) is 7.66. The molecule has 1 aromatic carbocycles. The van der Waals surface area contributed by atoms with Crippen LogP contribution in [0.5, 0.6) is 0 Å². The number of nitrogens with one attached hydrogen (secondary N) is 1. The van der Waals surface area contributed by atoms with E-state index in [4.69, 9.17) is 0 Å². The lowest BCUT2D eigenvalue weighted by molar-refractivity contribution is 0.617. The molecule has 6 heteroatoms. The fraction of sp³-hybridized carbons (Fsp3) is 0.333. The maximum absolute atomic E-state index is 13.6. The van der Waals surface area contributed by atoms with Crippen molar-refractivity contribution >= 4 is 23.5 Å². The largest absolute Gasteiger partial charge is 0.301 e. The molecule has 0 spiro atoms. The van der Waals surface area contributed by atoms with Crippen LogP contribution in [0, 0.1) is 5.82 Å². The van der Waals surface area contributed by atoms with E-state index in [0.29, 0.717) is 27.5 Å². The van der Waals surface area contributed by atoms with Crippen LogP contribution in [0.15, 0.2) is 40.3 Å². The minimum atomic E-state index is -0.237. The first-order valence-electron chi connectivity index (χ1n) is 6.62. The number of hydrogen-bond donors (Lipinski definition) is 1. The number of hydrogen-bond acceptors (Lipinski definition) is 4. The number of nitrogens with zero attached hydrogens (tertiary/aromatic N) is 1. The molecule has 0 aliphatic carbocycles. The molecule has 0 amide bonds. The summed E-state index contributed by atoms with van der Waals surface area (Å²) in [5.41, 5.74) is 1.20. The highest BCUT2D eigenvalue weighted by Crippen LogP contribution is 2.21. The maximum Gasteiger partial charge on any atom is 0.251 e. The zero-order valence-corrected chi connectivity index (χ0v) is 13.6. The summed E-state index contributed by atoms with van der Waals surface area (Å²) in [4.78, 5) is 18.7. The molecule has 2 rings (SSSR count). The quantitative estimate of drug-likeness (QED) is 0.648. The summed E-state index contributed by atoms with van der Waals surface area (Å²) in [5, 5.41) is 1.02. The zero-order valence-electron chi connectivity index (χ0n) is 11.9. The number of benzene rings is 1. The van der Waals surface area contributed by atoms with Crippen LogP contribution in [0.2, 0.25) is 0 Å². The minimum Gasteiger partial charge on any atom is -0.301 e. The highest BCUT2D eigenvalue weighted by Gasteiger charge is 2.06. The molecule has 0 atom stereocenters. The third-order valence-corrected chi connectivity index (χ3v) is 4.71. The maximum atomic E-state index is 13.6. The fourth-order valence-electron chi connectivity index (χ4n) is 1.64. The molecule has 0 aliphatic rings. The van der Waals surface area contributed by atoms with Gasteiger partial charge in [-0.2, -0.15) is 11.8 Å². The second-order valence-corrected chi connectivity index (χ2v) is 7.31. The van der Waals surface area contributed by atoms with Crippen molar-refractivity contribution in [3.8, 4) is 0 Å². The number of aromatic amines is 1. The molecule has 112 valence electrons. The van der Waals surface area contributed by atoms with E-state index in [1.165, 1.54) is 23.9 Å². The van der Waals surface area contributed by atoms with Crippen molar-refractivity contribution in [2.24, 2.45) is 0 Å². The van der Waals surface area contributed by atoms with Crippen LogP contribution < -0.4 is 5.56 Å². The van der Waals surface area contributed by atoms with Crippen LogP contribution in [0.4, 0.5) is 4.39 Å². The topological polar surface area (TPSA) is 45.8 Å². The monoisotopic (exact) mass is 324 g/mol. The van der Waals surface area contributed by atoms with Gasteiger partial charge in [-0.1, -0.05) is 43.8 Å². The Labute approximate surface area is 131 Å². The van der Waals surface area contributed by atoms with E-state index in [9.17, 15) is 9.18 Å². The van der Waals surface area contributed by atoms with Crippen LogP contribution in [0.25, 0.3) is 0 Å². The molecular formula is C15H17FN2OS2. The van der Waals surface area contributed by atoms with Crippen molar-refractivity contribution in [1.29, 1.82) is 0 Å². The summed E-state index contributed by atoms with van der Waals surface area (Å²) in [6.07, 6.45) is 0. The second-order valence-electron chi connectivity index (χ2n) is 4.78. The van der Waals surface area contributed by atoms with Gasteiger partial charge in [-0.25, -0.2) is 9.37 Å². The number of aromatic nitrogens is 2. The Balaban J connectivity index is 2.06.